The van der Waals surface area contributed by atoms with E-state index in [-0.39, 0.29) is 16.9 Å². The summed E-state index contributed by atoms with van der Waals surface area (Å²) in [6.07, 6.45) is 0. The van der Waals surface area contributed by atoms with E-state index in [1.165, 1.54) is 24.3 Å². The third kappa shape index (κ3) is 3.36. The molecule has 21 heavy (non-hydrogen) atoms. The molecule has 0 aromatic heterocycles. The smallest absolute Gasteiger partial charge is 0.283 e. The molecule has 2 aromatic rings. The molecule has 0 spiro atoms. The number of hydrogen-bond acceptors (Lipinski definition) is 6. The summed E-state index contributed by atoms with van der Waals surface area (Å²) >= 11 is 1.12. The molecule has 0 radical (unpaired) electrons. The molecule has 2 rings (SSSR count). The van der Waals surface area contributed by atoms with Gasteiger partial charge in [-0.3, -0.25) is 20.2 Å². The van der Waals surface area contributed by atoms with E-state index in [2.05, 4.69) is 0 Å². The molecular weight excluding hydrogens is 296 g/mol. The number of benzene rings is 2. The number of aliphatic hydroxyl groups excluding tert-OH is 1. The van der Waals surface area contributed by atoms with Crippen LogP contribution in [0.15, 0.2) is 52.3 Å². The van der Waals surface area contributed by atoms with Crippen LogP contribution in [0.2, 0.25) is 0 Å². The molecule has 0 aliphatic rings. The van der Waals surface area contributed by atoms with Gasteiger partial charge in [-0.2, -0.15) is 0 Å². The summed E-state index contributed by atoms with van der Waals surface area (Å²) in [7, 11) is 0. The van der Waals surface area contributed by atoms with Gasteiger partial charge in [-0.25, -0.2) is 0 Å². The summed E-state index contributed by atoms with van der Waals surface area (Å²) in [5.41, 5.74) is -0.0422. The van der Waals surface area contributed by atoms with Crippen LogP contribution in [0.3, 0.4) is 0 Å². The number of nitrogens with zero attached hydrogens (tertiary/aromatic N) is 2. The van der Waals surface area contributed by atoms with Gasteiger partial charge >= 0.3 is 0 Å². The van der Waals surface area contributed by atoms with Crippen molar-refractivity contribution < 1.29 is 15.0 Å². The van der Waals surface area contributed by atoms with Crippen molar-refractivity contribution in [3.05, 3.63) is 68.3 Å². The minimum atomic E-state index is -0.578. The molecule has 0 atom stereocenters. The molecule has 0 unspecified atom stereocenters. The van der Waals surface area contributed by atoms with E-state index in [4.69, 9.17) is 0 Å². The van der Waals surface area contributed by atoms with E-state index in [0.717, 1.165) is 11.8 Å². The average molecular weight is 306 g/mol. The van der Waals surface area contributed by atoms with Crippen LogP contribution in [0.25, 0.3) is 0 Å². The van der Waals surface area contributed by atoms with Gasteiger partial charge in [-0.05, 0) is 18.2 Å². The predicted octanol–water partition coefficient (Wildman–Crippen LogP) is 3.15. The molecule has 0 saturated carbocycles. The molecule has 0 aliphatic carbocycles. The molecule has 1 N–H and O–H groups in total. The number of nitro groups is 2. The lowest BCUT2D eigenvalue weighted by molar-refractivity contribution is -0.387. The Kier molecular flexibility index (Phi) is 4.51. The minimum absolute atomic E-state index is 0.0357. The monoisotopic (exact) mass is 306 g/mol. The third-order valence-corrected chi connectivity index (χ3v) is 3.76. The van der Waals surface area contributed by atoms with E-state index in [1.54, 1.807) is 18.2 Å². The zero-order valence-electron chi connectivity index (χ0n) is 10.6. The van der Waals surface area contributed by atoms with Gasteiger partial charge < -0.3 is 5.11 Å². The first-order chi connectivity index (χ1) is 10.0. The molecule has 0 amide bonds. The van der Waals surface area contributed by atoms with Crippen LogP contribution in [0.1, 0.15) is 5.56 Å². The molecule has 8 heteroatoms. The van der Waals surface area contributed by atoms with E-state index in [9.17, 15) is 25.3 Å². The van der Waals surface area contributed by atoms with E-state index in [0.29, 0.717) is 9.79 Å². The summed E-state index contributed by atoms with van der Waals surface area (Å²) in [4.78, 5) is 21.7. The standard InChI is InChI=1S/C13H10N2O5S/c16-8-9-7-10(5-6-11(9)14(17)18)21-13-4-2-1-3-12(13)15(19)20/h1-7,16H,8H2. The second kappa shape index (κ2) is 6.33. The van der Waals surface area contributed by atoms with Crippen LogP contribution in [0.4, 0.5) is 11.4 Å². The fourth-order valence-electron chi connectivity index (χ4n) is 1.75. The lowest BCUT2D eigenvalue weighted by Crippen LogP contribution is -1.95. The number of aliphatic hydroxyl groups is 1. The van der Waals surface area contributed by atoms with Crippen molar-refractivity contribution in [2.24, 2.45) is 0 Å². The fraction of sp³-hybridized carbons (Fsp3) is 0.0769. The van der Waals surface area contributed by atoms with Crippen molar-refractivity contribution in [2.45, 2.75) is 16.4 Å². The Balaban J connectivity index is 2.37. The first-order valence-corrected chi connectivity index (χ1v) is 6.64. The lowest BCUT2D eigenvalue weighted by atomic mass is 10.2. The maximum atomic E-state index is 10.9. The van der Waals surface area contributed by atoms with Crippen LogP contribution in [-0.2, 0) is 6.61 Å². The van der Waals surface area contributed by atoms with Crippen molar-refractivity contribution in [2.75, 3.05) is 0 Å². The lowest BCUT2D eigenvalue weighted by Gasteiger charge is -2.05. The van der Waals surface area contributed by atoms with Gasteiger partial charge in [0, 0.05) is 17.0 Å². The summed E-state index contributed by atoms with van der Waals surface area (Å²) < 4.78 is 0. The van der Waals surface area contributed by atoms with Gasteiger partial charge in [0.25, 0.3) is 11.4 Å². The molecule has 108 valence electrons. The van der Waals surface area contributed by atoms with Crippen molar-refractivity contribution in [3.63, 3.8) is 0 Å². The van der Waals surface area contributed by atoms with Gasteiger partial charge in [0.1, 0.15) is 0 Å². The topological polar surface area (TPSA) is 107 Å². The van der Waals surface area contributed by atoms with Crippen LogP contribution >= 0.6 is 11.8 Å². The van der Waals surface area contributed by atoms with Crippen LogP contribution in [0.5, 0.6) is 0 Å². The Morgan fingerprint density at radius 3 is 2.29 bits per heavy atom. The van der Waals surface area contributed by atoms with Crippen LogP contribution < -0.4 is 0 Å². The number of para-hydroxylation sites is 1. The van der Waals surface area contributed by atoms with Gasteiger partial charge in [-0.15, -0.1) is 0 Å². The van der Waals surface area contributed by atoms with Crippen molar-refractivity contribution in [3.8, 4) is 0 Å². The maximum absolute atomic E-state index is 10.9. The van der Waals surface area contributed by atoms with E-state index < -0.39 is 16.5 Å². The zero-order chi connectivity index (χ0) is 15.4. The van der Waals surface area contributed by atoms with Crippen LogP contribution in [-0.4, -0.2) is 15.0 Å². The number of nitro benzene ring substituents is 2. The minimum Gasteiger partial charge on any atom is -0.391 e. The fourth-order valence-corrected chi connectivity index (χ4v) is 2.74. The second-order valence-electron chi connectivity index (χ2n) is 4.03. The highest BCUT2D eigenvalue weighted by molar-refractivity contribution is 7.99. The summed E-state index contributed by atoms with van der Waals surface area (Å²) in [5, 5.41) is 30.9. The van der Waals surface area contributed by atoms with E-state index in [1.807, 2.05) is 0 Å². The van der Waals surface area contributed by atoms with Gasteiger partial charge in [-0.1, -0.05) is 23.9 Å². The molecule has 7 nitrogen and oxygen atoms in total. The Labute approximate surface area is 123 Å². The summed E-state index contributed by atoms with van der Waals surface area (Å²) in [6, 6.07) is 10.5. The first kappa shape index (κ1) is 14.9. The molecule has 0 aliphatic heterocycles. The summed E-state index contributed by atoms with van der Waals surface area (Å²) in [5.74, 6) is 0. The Morgan fingerprint density at radius 2 is 1.67 bits per heavy atom. The van der Waals surface area contributed by atoms with Crippen molar-refractivity contribution in [1.82, 2.24) is 0 Å². The third-order valence-electron chi connectivity index (χ3n) is 2.71. The molecule has 0 bridgehead atoms. The average Bonchev–Trinajstić information content (AvgIpc) is 2.47. The zero-order valence-corrected chi connectivity index (χ0v) is 11.4. The largest absolute Gasteiger partial charge is 0.391 e. The molecule has 2 aromatic carbocycles. The highest BCUT2D eigenvalue weighted by Crippen LogP contribution is 2.36. The highest BCUT2D eigenvalue weighted by atomic mass is 32.2. The van der Waals surface area contributed by atoms with Gasteiger partial charge in [0.05, 0.1) is 26.9 Å². The number of hydrogen-bond donors (Lipinski definition) is 1. The van der Waals surface area contributed by atoms with Gasteiger partial charge in [0.2, 0.25) is 0 Å². The molecular formula is C13H10N2O5S. The molecule has 0 fully saturated rings. The Morgan fingerprint density at radius 1 is 1.00 bits per heavy atom. The highest BCUT2D eigenvalue weighted by Gasteiger charge is 2.17. The Bertz CT molecular complexity index is 705. The number of rotatable bonds is 5. The predicted molar refractivity (Wildman–Crippen MR) is 76.2 cm³/mol. The SMILES string of the molecule is O=[N+]([O-])c1ccc(Sc2ccccc2[N+](=O)[O-])cc1CO. The summed E-state index contributed by atoms with van der Waals surface area (Å²) in [6.45, 7) is -0.471. The van der Waals surface area contributed by atoms with Gasteiger partial charge in [0.15, 0.2) is 0 Å². The van der Waals surface area contributed by atoms with E-state index >= 15 is 0 Å². The van der Waals surface area contributed by atoms with Crippen molar-refractivity contribution in [1.29, 1.82) is 0 Å². The molecule has 0 heterocycles. The van der Waals surface area contributed by atoms with Crippen molar-refractivity contribution >= 4 is 23.1 Å². The first-order valence-electron chi connectivity index (χ1n) is 5.82. The van der Waals surface area contributed by atoms with Crippen LogP contribution in [0, 0.1) is 20.2 Å². The second-order valence-corrected chi connectivity index (χ2v) is 5.15. The quantitative estimate of drug-likeness (QED) is 0.671. The maximum Gasteiger partial charge on any atom is 0.283 e. The normalized spacial score (nSPS) is 10.3. The molecule has 0 saturated heterocycles. The Hall–Kier alpha value is -2.45.